The number of piperazine rings is 1. The Morgan fingerprint density at radius 1 is 1.18 bits per heavy atom. The normalized spacial score (nSPS) is 33.7. The second-order valence-corrected chi connectivity index (χ2v) is 10.9. The van der Waals surface area contributed by atoms with Gasteiger partial charge in [0, 0.05) is 55.7 Å². The minimum Gasteiger partial charge on any atom is -0.389 e. The lowest BCUT2D eigenvalue weighted by molar-refractivity contribution is -0.118. The monoisotopic (exact) mass is 486 g/mol. The number of halogens is 1. The zero-order valence-corrected chi connectivity index (χ0v) is 20.2. The third kappa shape index (κ3) is 3.76. The number of hydrogen-bond donors (Lipinski definition) is 2. The van der Waals surface area contributed by atoms with Crippen LogP contribution in [0.5, 0.6) is 0 Å². The number of carbonyl (C=O) groups excluding carboxylic acids is 1. The molecule has 182 valence electrons. The Balaban J connectivity index is 1.16. The van der Waals surface area contributed by atoms with Gasteiger partial charge in [0.1, 0.15) is 5.82 Å². The van der Waals surface area contributed by atoms with Gasteiger partial charge in [0.15, 0.2) is 0 Å². The molecule has 4 atom stereocenters. The molecule has 0 radical (unpaired) electrons. The molecule has 1 amide bonds. The van der Waals surface area contributed by atoms with E-state index < -0.39 is 6.10 Å². The van der Waals surface area contributed by atoms with Gasteiger partial charge in [-0.2, -0.15) is 0 Å². The summed E-state index contributed by atoms with van der Waals surface area (Å²) < 4.78 is 11.0. The third-order valence-corrected chi connectivity index (χ3v) is 8.71. The molecule has 2 N–H and O–H groups in total. The quantitative estimate of drug-likeness (QED) is 0.686. The molecule has 8 nitrogen and oxygen atoms in total. The van der Waals surface area contributed by atoms with Crippen LogP contribution in [0.2, 0.25) is 5.02 Å². The zero-order chi connectivity index (χ0) is 23.5. The number of anilines is 2. The van der Waals surface area contributed by atoms with Crippen LogP contribution < -0.4 is 10.2 Å². The number of ether oxygens (including phenoxy) is 2. The van der Waals surface area contributed by atoms with Crippen LogP contribution in [-0.2, 0) is 14.3 Å². The van der Waals surface area contributed by atoms with Crippen LogP contribution in [0.25, 0.3) is 10.8 Å². The molecule has 1 saturated carbocycles. The summed E-state index contributed by atoms with van der Waals surface area (Å²) in [5.74, 6) is 0.629. The Labute approximate surface area is 204 Å². The predicted octanol–water partition coefficient (Wildman–Crippen LogP) is 2.53. The van der Waals surface area contributed by atoms with Crippen molar-refractivity contribution in [1.29, 1.82) is 0 Å². The summed E-state index contributed by atoms with van der Waals surface area (Å²) >= 11 is 6.67. The molecule has 4 aliphatic rings. The van der Waals surface area contributed by atoms with Gasteiger partial charge in [-0.05, 0) is 43.4 Å². The van der Waals surface area contributed by atoms with Crippen LogP contribution in [-0.4, -0.2) is 85.1 Å². The molecule has 1 aliphatic carbocycles. The molecule has 0 unspecified atom stereocenters. The Morgan fingerprint density at radius 2 is 2.00 bits per heavy atom. The molecule has 9 heteroatoms. The molecule has 34 heavy (non-hydrogen) atoms. The number of nitrogens with zero attached hydrogens (tertiary/aromatic N) is 3. The number of aliphatic hydroxyl groups excluding tert-OH is 1. The molecule has 1 spiro atoms. The van der Waals surface area contributed by atoms with Crippen LogP contribution in [0.1, 0.15) is 19.8 Å². The van der Waals surface area contributed by atoms with Gasteiger partial charge in [-0.15, -0.1) is 0 Å². The molecule has 2 aromatic rings. The lowest BCUT2D eigenvalue weighted by Gasteiger charge is -2.45. The van der Waals surface area contributed by atoms with Gasteiger partial charge < -0.3 is 24.8 Å². The molecule has 1 aromatic heterocycles. The van der Waals surface area contributed by atoms with E-state index in [9.17, 15) is 9.90 Å². The van der Waals surface area contributed by atoms with E-state index in [1.165, 1.54) is 0 Å². The van der Waals surface area contributed by atoms with E-state index in [0.29, 0.717) is 30.7 Å². The van der Waals surface area contributed by atoms with Crippen molar-refractivity contribution >= 4 is 39.8 Å². The van der Waals surface area contributed by atoms with E-state index in [-0.39, 0.29) is 22.8 Å². The van der Waals surface area contributed by atoms with E-state index in [2.05, 4.69) is 33.1 Å². The van der Waals surface area contributed by atoms with Crippen molar-refractivity contribution in [1.82, 2.24) is 9.88 Å². The van der Waals surface area contributed by atoms with E-state index in [0.717, 1.165) is 62.1 Å². The summed E-state index contributed by atoms with van der Waals surface area (Å²) in [6.07, 6.45) is 3.18. The minimum absolute atomic E-state index is 0.0233. The highest BCUT2D eigenvalue weighted by atomic mass is 35.5. The average Bonchev–Trinajstić information content (AvgIpc) is 3.14. The van der Waals surface area contributed by atoms with Crippen LogP contribution in [0.4, 0.5) is 11.5 Å². The van der Waals surface area contributed by atoms with Crippen molar-refractivity contribution in [2.24, 2.45) is 11.3 Å². The van der Waals surface area contributed by atoms with Crippen LogP contribution in [0, 0.1) is 11.3 Å². The lowest BCUT2D eigenvalue weighted by atomic mass is 9.95. The number of nitrogens with one attached hydrogen (secondary N) is 1. The highest BCUT2D eigenvalue weighted by Gasteiger charge is 2.59. The maximum Gasteiger partial charge on any atom is 0.229 e. The number of aliphatic hydroxyl groups is 1. The SMILES string of the molecule is C[C@]1(N2CCN(c3cc4cc(NC(=O)[C@@H]5C[C@]56CCOC6)ncc4cc3Cl)CC2)COC[C@H]1O. The Morgan fingerprint density at radius 3 is 2.71 bits per heavy atom. The second kappa shape index (κ2) is 8.31. The van der Waals surface area contributed by atoms with E-state index in [1.54, 1.807) is 6.20 Å². The molecule has 4 fully saturated rings. The minimum atomic E-state index is -0.462. The molecule has 3 aliphatic heterocycles. The van der Waals surface area contributed by atoms with Gasteiger partial charge in [0.05, 0.1) is 42.2 Å². The summed E-state index contributed by atoms with van der Waals surface area (Å²) in [7, 11) is 0. The number of fused-ring (bicyclic) bond motifs is 1. The Hall–Kier alpha value is -1.97. The Kier molecular flexibility index (Phi) is 5.50. The summed E-state index contributed by atoms with van der Waals surface area (Å²) in [5, 5.41) is 16.0. The number of aromatic nitrogens is 1. The molecule has 0 bridgehead atoms. The highest BCUT2D eigenvalue weighted by Crippen LogP contribution is 2.58. The summed E-state index contributed by atoms with van der Waals surface area (Å²) in [6.45, 7) is 7.76. The number of carbonyl (C=O) groups is 1. The first-order chi connectivity index (χ1) is 16.4. The van der Waals surface area contributed by atoms with Crippen LogP contribution in [0.3, 0.4) is 0 Å². The standard InChI is InChI=1S/C25H31ClN4O4/c1-24(14-34-13-21(24)31)30-5-3-29(4-6-30)20-9-16-10-22(27-12-17(16)8-19(20)26)28-23(32)18-11-25(18)2-7-33-15-25/h8-10,12,18,21,31H,2-7,11,13-15H2,1H3,(H,27,28,32)/t18-,21+,24-,25-/m0/s1. The number of pyridine rings is 1. The smallest absolute Gasteiger partial charge is 0.229 e. The number of hydrogen-bond acceptors (Lipinski definition) is 7. The fourth-order valence-corrected chi connectivity index (χ4v) is 6.16. The molecular formula is C25H31ClN4O4. The van der Waals surface area contributed by atoms with Crippen LogP contribution >= 0.6 is 11.6 Å². The van der Waals surface area contributed by atoms with Gasteiger partial charge >= 0.3 is 0 Å². The predicted molar refractivity (Wildman–Crippen MR) is 130 cm³/mol. The second-order valence-electron chi connectivity index (χ2n) is 10.5. The first-order valence-corrected chi connectivity index (χ1v) is 12.5. The van der Waals surface area contributed by atoms with Crippen molar-refractivity contribution in [2.75, 3.05) is 62.8 Å². The zero-order valence-electron chi connectivity index (χ0n) is 19.4. The molecule has 1 aromatic carbocycles. The van der Waals surface area contributed by atoms with E-state index in [4.69, 9.17) is 21.1 Å². The first-order valence-electron chi connectivity index (χ1n) is 12.1. The van der Waals surface area contributed by atoms with Gasteiger partial charge in [0.25, 0.3) is 0 Å². The third-order valence-electron chi connectivity index (χ3n) is 8.41. The van der Waals surface area contributed by atoms with Gasteiger partial charge in [-0.25, -0.2) is 4.98 Å². The van der Waals surface area contributed by atoms with Gasteiger partial charge in [-0.1, -0.05) is 11.6 Å². The molecular weight excluding hydrogens is 456 g/mol. The van der Waals surface area contributed by atoms with E-state index >= 15 is 0 Å². The first kappa shape index (κ1) is 22.5. The van der Waals surface area contributed by atoms with Crippen molar-refractivity contribution < 1.29 is 19.4 Å². The van der Waals surface area contributed by atoms with Gasteiger partial charge in [-0.3, -0.25) is 9.69 Å². The maximum atomic E-state index is 12.8. The molecule has 3 saturated heterocycles. The fourth-order valence-electron chi connectivity index (χ4n) is 5.87. The van der Waals surface area contributed by atoms with Crippen molar-refractivity contribution in [3.63, 3.8) is 0 Å². The average molecular weight is 487 g/mol. The maximum absolute atomic E-state index is 12.8. The van der Waals surface area contributed by atoms with E-state index in [1.807, 2.05) is 12.1 Å². The van der Waals surface area contributed by atoms with Gasteiger partial charge in [0.2, 0.25) is 5.91 Å². The van der Waals surface area contributed by atoms with Crippen molar-refractivity contribution in [3.05, 3.63) is 29.4 Å². The largest absolute Gasteiger partial charge is 0.389 e. The number of amides is 1. The Bertz CT molecular complexity index is 1120. The van der Waals surface area contributed by atoms with Crippen molar-refractivity contribution in [3.8, 4) is 0 Å². The highest BCUT2D eigenvalue weighted by molar-refractivity contribution is 6.34. The summed E-state index contributed by atoms with van der Waals surface area (Å²) in [6, 6.07) is 5.96. The summed E-state index contributed by atoms with van der Waals surface area (Å²) in [4.78, 5) is 21.8. The van der Waals surface area contributed by atoms with Crippen molar-refractivity contribution in [2.45, 2.75) is 31.4 Å². The number of rotatable bonds is 4. The topological polar surface area (TPSA) is 87.2 Å². The fraction of sp³-hybridized carbons (Fsp3) is 0.600. The lowest BCUT2D eigenvalue weighted by Crippen LogP contribution is -2.60. The van der Waals surface area contributed by atoms with Crippen LogP contribution in [0.15, 0.2) is 24.4 Å². The number of benzene rings is 1. The molecule has 4 heterocycles. The molecule has 6 rings (SSSR count). The summed E-state index contributed by atoms with van der Waals surface area (Å²) in [5.41, 5.74) is 0.708.